The Morgan fingerprint density at radius 3 is 2.96 bits per heavy atom. The van der Waals surface area contributed by atoms with Gasteiger partial charge in [0, 0.05) is 39.3 Å². The van der Waals surface area contributed by atoms with Gasteiger partial charge < -0.3 is 15.4 Å². The number of nitrogens with one attached hydrogen (secondary N) is 2. The standard InChI is InChI=1S/C20H30N4OS/c1-2-21-20(23-13-6-14-25-15-16-10-11-16)22-12-5-9-19-24-17-7-3-4-8-18(17)26-19/h3-4,7-8,16H,2,5-6,9-15H2,1H3,(H2,21,22,23). The van der Waals surface area contributed by atoms with Crippen LogP contribution in [-0.2, 0) is 11.2 Å². The van der Waals surface area contributed by atoms with E-state index in [1.54, 1.807) is 11.3 Å². The number of nitrogens with zero attached hydrogens (tertiary/aromatic N) is 2. The fourth-order valence-corrected chi connectivity index (χ4v) is 3.71. The van der Waals surface area contributed by atoms with Gasteiger partial charge >= 0.3 is 0 Å². The van der Waals surface area contributed by atoms with E-state index in [0.29, 0.717) is 0 Å². The molecule has 1 saturated carbocycles. The minimum absolute atomic E-state index is 0.809. The van der Waals surface area contributed by atoms with Crippen molar-refractivity contribution in [1.29, 1.82) is 0 Å². The summed E-state index contributed by atoms with van der Waals surface area (Å²) in [4.78, 5) is 9.35. The van der Waals surface area contributed by atoms with Crippen molar-refractivity contribution in [2.75, 3.05) is 32.8 Å². The maximum absolute atomic E-state index is 5.67. The fourth-order valence-electron chi connectivity index (χ4n) is 2.71. The van der Waals surface area contributed by atoms with Gasteiger partial charge in [0.1, 0.15) is 0 Å². The van der Waals surface area contributed by atoms with E-state index in [0.717, 1.165) is 69.5 Å². The average molecular weight is 375 g/mol. The first-order valence-corrected chi connectivity index (χ1v) is 10.6. The molecule has 0 aliphatic heterocycles. The van der Waals surface area contributed by atoms with Crippen LogP contribution in [0.1, 0.15) is 37.6 Å². The molecule has 0 unspecified atom stereocenters. The van der Waals surface area contributed by atoms with Gasteiger partial charge in [0.25, 0.3) is 0 Å². The van der Waals surface area contributed by atoms with Crippen LogP contribution in [0.3, 0.4) is 0 Å². The van der Waals surface area contributed by atoms with E-state index in [1.165, 1.54) is 22.5 Å². The molecule has 5 nitrogen and oxygen atoms in total. The number of guanidine groups is 1. The van der Waals surface area contributed by atoms with Crippen LogP contribution in [0.25, 0.3) is 10.2 Å². The van der Waals surface area contributed by atoms with E-state index < -0.39 is 0 Å². The van der Waals surface area contributed by atoms with Crippen molar-refractivity contribution in [2.24, 2.45) is 10.9 Å². The highest BCUT2D eigenvalue weighted by Gasteiger charge is 2.20. The SMILES string of the molecule is CCNC(=NCCCc1nc2ccccc2s1)NCCCOCC1CC1. The lowest BCUT2D eigenvalue weighted by Gasteiger charge is -2.11. The topological polar surface area (TPSA) is 58.5 Å². The summed E-state index contributed by atoms with van der Waals surface area (Å²) >= 11 is 1.79. The second-order valence-electron chi connectivity index (χ2n) is 6.74. The smallest absolute Gasteiger partial charge is 0.191 e. The summed E-state index contributed by atoms with van der Waals surface area (Å²) in [6, 6.07) is 8.33. The Morgan fingerprint density at radius 1 is 1.27 bits per heavy atom. The largest absolute Gasteiger partial charge is 0.381 e. The van der Waals surface area contributed by atoms with Gasteiger partial charge in [-0.25, -0.2) is 4.98 Å². The van der Waals surface area contributed by atoms with Gasteiger partial charge in [-0.05, 0) is 50.7 Å². The highest BCUT2D eigenvalue weighted by molar-refractivity contribution is 7.18. The summed E-state index contributed by atoms with van der Waals surface area (Å²) in [5.41, 5.74) is 1.11. The maximum atomic E-state index is 5.67. The molecule has 142 valence electrons. The zero-order chi connectivity index (χ0) is 18.0. The molecule has 1 heterocycles. The highest BCUT2D eigenvalue weighted by Crippen LogP contribution is 2.28. The minimum Gasteiger partial charge on any atom is -0.381 e. The van der Waals surface area contributed by atoms with E-state index in [2.05, 4.69) is 45.7 Å². The lowest BCUT2D eigenvalue weighted by atomic mass is 10.3. The molecule has 0 amide bonds. The normalized spacial score (nSPS) is 14.7. The van der Waals surface area contributed by atoms with Crippen LogP contribution in [-0.4, -0.2) is 43.8 Å². The van der Waals surface area contributed by atoms with Gasteiger partial charge in [0.05, 0.1) is 15.2 Å². The molecule has 3 rings (SSSR count). The molecule has 0 spiro atoms. The van der Waals surface area contributed by atoms with Crippen LogP contribution in [0.5, 0.6) is 0 Å². The Hall–Kier alpha value is -1.66. The number of aromatic nitrogens is 1. The van der Waals surface area contributed by atoms with Crippen molar-refractivity contribution in [3.05, 3.63) is 29.3 Å². The summed E-state index contributed by atoms with van der Waals surface area (Å²) in [7, 11) is 0. The molecule has 1 fully saturated rings. The number of rotatable bonds is 11. The van der Waals surface area contributed by atoms with Crippen LogP contribution >= 0.6 is 11.3 Å². The third-order valence-electron chi connectivity index (χ3n) is 4.31. The molecule has 26 heavy (non-hydrogen) atoms. The molecule has 1 aromatic heterocycles. The fraction of sp³-hybridized carbons (Fsp3) is 0.600. The van der Waals surface area contributed by atoms with Crippen molar-refractivity contribution in [2.45, 2.75) is 39.0 Å². The van der Waals surface area contributed by atoms with Crippen molar-refractivity contribution in [3.8, 4) is 0 Å². The minimum atomic E-state index is 0.809. The Bertz CT molecular complexity index is 663. The lowest BCUT2D eigenvalue weighted by Crippen LogP contribution is -2.38. The predicted octanol–water partition coefficient (Wildman–Crippen LogP) is 3.60. The van der Waals surface area contributed by atoms with E-state index >= 15 is 0 Å². The molecule has 2 N–H and O–H groups in total. The van der Waals surface area contributed by atoms with Gasteiger partial charge in [-0.2, -0.15) is 0 Å². The molecular weight excluding hydrogens is 344 g/mol. The predicted molar refractivity (Wildman–Crippen MR) is 110 cm³/mol. The molecule has 1 aliphatic carbocycles. The van der Waals surface area contributed by atoms with E-state index in [4.69, 9.17) is 4.74 Å². The first-order chi connectivity index (χ1) is 12.8. The van der Waals surface area contributed by atoms with Gasteiger partial charge in [-0.15, -0.1) is 11.3 Å². The van der Waals surface area contributed by atoms with Crippen molar-refractivity contribution in [3.63, 3.8) is 0 Å². The van der Waals surface area contributed by atoms with E-state index in [-0.39, 0.29) is 0 Å². The molecule has 6 heteroatoms. The third-order valence-corrected chi connectivity index (χ3v) is 5.41. The Kier molecular flexibility index (Phi) is 7.70. The average Bonchev–Trinajstić information content (AvgIpc) is 3.38. The van der Waals surface area contributed by atoms with Gasteiger partial charge in [-0.3, -0.25) is 4.99 Å². The van der Waals surface area contributed by atoms with Crippen LogP contribution in [0, 0.1) is 5.92 Å². The molecule has 0 saturated heterocycles. The number of benzene rings is 1. The molecular formula is C20H30N4OS. The van der Waals surface area contributed by atoms with Crippen LogP contribution in [0.4, 0.5) is 0 Å². The maximum Gasteiger partial charge on any atom is 0.191 e. The monoisotopic (exact) mass is 374 g/mol. The second-order valence-corrected chi connectivity index (χ2v) is 7.85. The number of fused-ring (bicyclic) bond motifs is 1. The van der Waals surface area contributed by atoms with Crippen LogP contribution in [0.2, 0.25) is 0 Å². The van der Waals surface area contributed by atoms with Gasteiger partial charge in [0.15, 0.2) is 5.96 Å². The second kappa shape index (κ2) is 10.5. The zero-order valence-corrected chi connectivity index (χ0v) is 16.5. The summed E-state index contributed by atoms with van der Waals surface area (Å²) in [6.07, 6.45) is 5.72. The summed E-state index contributed by atoms with van der Waals surface area (Å²) < 4.78 is 6.93. The number of aryl methyl sites for hydroxylation is 1. The first-order valence-electron chi connectivity index (χ1n) is 9.79. The number of hydrogen-bond acceptors (Lipinski definition) is 4. The highest BCUT2D eigenvalue weighted by atomic mass is 32.1. The molecule has 0 radical (unpaired) electrons. The quantitative estimate of drug-likeness (QED) is 0.358. The molecule has 0 atom stereocenters. The van der Waals surface area contributed by atoms with E-state index in [9.17, 15) is 0 Å². The third kappa shape index (κ3) is 6.57. The summed E-state index contributed by atoms with van der Waals surface area (Å²) in [6.45, 7) is 6.46. The Morgan fingerprint density at radius 2 is 2.15 bits per heavy atom. The lowest BCUT2D eigenvalue weighted by molar-refractivity contribution is 0.123. The Labute approximate surface area is 160 Å². The van der Waals surface area contributed by atoms with Crippen molar-refractivity contribution in [1.82, 2.24) is 15.6 Å². The number of aliphatic imine (C=N–C) groups is 1. The number of hydrogen-bond donors (Lipinski definition) is 2. The summed E-state index contributed by atoms with van der Waals surface area (Å²) in [5, 5.41) is 7.90. The van der Waals surface area contributed by atoms with Crippen LogP contribution < -0.4 is 10.6 Å². The number of para-hydroxylation sites is 1. The van der Waals surface area contributed by atoms with E-state index in [1.807, 2.05) is 6.07 Å². The van der Waals surface area contributed by atoms with Crippen LogP contribution in [0.15, 0.2) is 29.3 Å². The number of ether oxygens (including phenoxy) is 1. The van der Waals surface area contributed by atoms with Crippen molar-refractivity contribution >= 4 is 27.5 Å². The van der Waals surface area contributed by atoms with Crippen molar-refractivity contribution < 1.29 is 4.74 Å². The first kappa shape index (κ1) is 19.1. The summed E-state index contributed by atoms with van der Waals surface area (Å²) in [5.74, 6) is 1.75. The Balaban J connectivity index is 1.33. The number of thiazole rings is 1. The molecule has 0 bridgehead atoms. The molecule has 1 aliphatic rings. The molecule has 1 aromatic carbocycles. The zero-order valence-electron chi connectivity index (χ0n) is 15.7. The van der Waals surface area contributed by atoms with Gasteiger partial charge in [0.2, 0.25) is 0 Å². The molecule has 2 aromatic rings. The van der Waals surface area contributed by atoms with Gasteiger partial charge in [-0.1, -0.05) is 12.1 Å².